The van der Waals surface area contributed by atoms with Crippen LogP contribution in [0, 0.1) is 0 Å². The van der Waals surface area contributed by atoms with Crippen molar-refractivity contribution in [1.82, 2.24) is 5.32 Å². The van der Waals surface area contributed by atoms with Gasteiger partial charge in [-0.25, -0.2) is 4.79 Å². The van der Waals surface area contributed by atoms with E-state index >= 15 is 0 Å². The van der Waals surface area contributed by atoms with Crippen molar-refractivity contribution in [2.45, 2.75) is 12.5 Å². The number of aliphatic carboxylic acids is 1. The number of nitrogens with one attached hydrogen (secondary N) is 1. The first-order valence-electron chi connectivity index (χ1n) is 6.29. The van der Waals surface area contributed by atoms with Gasteiger partial charge >= 0.3 is 35.5 Å². The summed E-state index contributed by atoms with van der Waals surface area (Å²) in [5, 5.41) is 11.8. The quantitative estimate of drug-likeness (QED) is 0.820. The van der Waals surface area contributed by atoms with Crippen LogP contribution in [0.15, 0.2) is 60.7 Å². The molecule has 1 atom stereocenters. The fourth-order valence-electron chi connectivity index (χ4n) is 1.88. The maximum absolute atomic E-state index is 12.0. The first-order chi connectivity index (χ1) is 9.66. The molecule has 0 saturated carbocycles. The molecular formula is C16H16NNaO3. The summed E-state index contributed by atoms with van der Waals surface area (Å²) in [6, 6.07) is 16.9. The Morgan fingerprint density at radius 3 is 2.00 bits per heavy atom. The molecule has 0 aliphatic carbocycles. The summed E-state index contributed by atoms with van der Waals surface area (Å²) in [4.78, 5) is 23.2. The van der Waals surface area contributed by atoms with Gasteiger partial charge in [0.15, 0.2) is 0 Å². The summed E-state index contributed by atoms with van der Waals surface area (Å²) >= 11 is 0. The van der Waals surface area contributed by atoms with E-state index in [1.165, 1.54) is 0 Å². The molecular weight excluding hydrogens is 277 g/mol. The number of hydrogen-bond donors (Lipinski definition) is 2. The monoisotopic (exact) mass is 293 g/mol. The number of benzene rings is 2. The molecule has 1 amide bonds. The van der Waals surface area contributed by atoms with Crippen LogP contribution in [0.3, 0.4) is 0 Å². The van der Waals surface area contributed by atoms with Crippen LogP contribution in [0.1, 0.15) is 15.9 Å². The van der Waals surface area contributed by atoms with Gasteiger partial charge in [0, 0.05) is 12.0 Å². The van der Waals surface area contributed by atoms with E-state index in [0.717, 1.165) is 5.56 Å². The van der Waals surface area contributed by atoms with Crippen molar-refractivity contribution >= 4 is 41.4 Å². The number of rotatable bonds is 5. The van der Waals surface area contributed by atoms with E-state index in [4.69, 9.17) is 0 Å². The molecule has 2 rings (SSSR count). The van der Waals surface area contributed by atoms with Crippen LogP contribution in [-0.2, 0) is 11.2 Å². The summed E-state index contributed by atoms with van der Waals surface area (Å²) in [5.41, 5.74) is 1.32. The second-order valence-corrected chi connectivity index (χ2v) is 4.42. The number of amides is 1. The van der Waals surface area contributed by atoms with E-state index in [2.05, 4.69) is 5.32 Å². The van der Waals surface area contributed by atoms with Gasteiger partial charge in [0.1, 0.15) is 6.04 Å². The molecule has 0 fully saturated rings. The zero-order chi connectivity index (χ0) is 14.4. The topological polar surface area (TPSA) is 66.4 Å². The predicted octanol–water partition coefficient (Wildman–Crippen LogP) is 1.46. The molecule has 5 heteroatoms. The molecule has 0 saturated heterocycles. The molecule has 0 heterocycles. The molecule has 2 N–H and O–H groups in total. The van der Waals surface area contributed by atoms with Crippen molar-refractivity contribution < 1.29 is 14.7 Å². The Balaban J connectivity index is 0.00000220. The summed E-state index contributed by atoms with van der Waals surface area (Å²) in [6.07, 6.45) is 0.259. The van der Waals surface area contributed by atoms with Gasteiger partial charge in [-0.1, -0.05) is 48.5 Å². The molecule has 104 valence electrons. The number of carboxylic acids is 1. The van der Waals surface area contributed by atoms with Crippen molar-refractivity contribution in [1.29, 1.82) is 0 Å². The zero-order valence-electron chi connectivity index (χ0n) is 10.8. The summed E-state index contributed by atoms with van der Waals surface area (Å²) in [5.74, 6) is -1.42. The summed E-state index contributed by atoms with van der Waals surface area (Å²) in [7, 11) is 0. The average Bonchev–Trinajstić information content (AvgIpc) is 2.48. The molecule has 0 radical (unpaired) electrons. The molecule has 2 aromatic rings. The van der Waals surface area contributed by atoms with Gasteiger partial charge in [-0.3, -0.25) is 4.79 Å². The first-order valence-corrected chi connectivity index (χ1v) is 6.29. The Morgan fingerprint density at radius 1 is 0.952 bits per heavy atom. The van der Waals surface area contributed by atoms with Gasteiger partial charge < -0.3 is 10.4 Å². The van der Waals surface area contributed by atoms with Crippen molar-refractivity contribution in [2.75, 3.05) is 0 Å². The second-order valence-electron chi connectivity index (χ2n) is 4.42. The van der Waals surface area contributed by atoms with Crippen LogP contribution in [-0.4, -0.2) is 52.6 Å². The second kappa shape index (κ2) is 8.62. The standard InChI is InChI=1S/C16H15NO3.Na.H/c18-15(13-9-5-2-6-10-13)17-14(16(19)20)11-12-7-3-1-4-8-12;;/h1-10,14H,11H2,(H,17,18)(H,19,20);;/t14-;;/m0../s1. The van der Waals surface area contributed by atoms with Gasteiger partial charge in [-0.2, -0.15) is 0 Å². The molecule has 0 spiro atoms. The van der Waals surface area contributed by atoms with Crippen LogP contribution in [0.25, 0.3) is 0 Å². The van der Waals surface area contributed by atoms with E-state index in [1.807, 2.05) is 30.3 Å². The fourth-order valence-corrected chi connectivity index (χ4v) is 1.88. The molecule has 0 aliphatic rings. The minimum absolute atomic E-state index is 0. The van der Waals surface area contributed by atoms with E-state index in [9.17, 15) is 14.7 Å². The molecule has 21 heavy (non-hydrogen) atoms. The van der Waals surface area contributed by atoms with Crippen molar-refractivity contribution in [3.8, 4) is 0 Å². The van der Waals surface area contributed by atoms with Crippen molar-refractivity contribution in [3.63, 3.8) is 0 Å². The number of carboxylic acid groups (broad SMARTS) is 1. The average molecular weight is 293 g/mol. The summed E-state index contributed by atoms with van der Waals surface area (Å²) in [6.45, 7) is 0. The Labute approximate surface area is 145 Å². The molecule has 0 bridgehead atoms. The van der Waals surface area contributed by atoms with Gasteiger partial charge in [-0.05, 0) is 17.7 Å². The third kappa shape index (κ3) is 5.34. The number of hydrogen-bond acceptors (Lipinski definition) is 2. The summed E-state index contributed by atoms with van der Waals surface area (Å²) < 4.78 is 0. The third-order valence-electron chi connectivity index (χ3n) is 2.92. The first kappa shape index (κ1) is 17.4. The van der Waals surface area contributed by atoms with Gasteiger partial charge in [0.2, 0.25) is 0 Å². The molecule has 0 unspecified atom stereocenters. The van der Waals surface area contributed by atoms with Crippen LogP contribution >= 0.6 is 0 Å². The molecule has 0 aromatic heterocycles. The fraction of sp³-hybridized carbons (Fsp3) is 0.125. The van der Waals surface area contributed by atoms with Gasteiger partial charge in [0.05, 0.1) is 0 Å². The normalized spacial score (nSPS) is 11.0. The van der Waals surface area contributed by atoms with E-state index in [1.54, 1.807) is 30.3 Å². The third-order valence-corrected chi connectivity index (χ3v) is 2.92. The zero-order valence-corrected chi connectivity index (χ0v) is 10.8. The van der Waals surface area contributed by atoms with E-state index in [0.29, 0.717) is 5.56 Å². The van der Waals surface area contributed by atoms with Gasteiger partial charge in [-0.15, -0.1) is 0 Å². The maximum atomic E-state index is 12.0. The van der Waals surface area contributed by atoms with Gasteiger partial charge in [0.25, 0.3) is 5.91 Å². The van der Waals surface area contributed by atoms with Crippen LogP contribution < -0.4 is 5.32 Å². The predicted molar refractivity (Wildman–Crippen MR) is 82.6 cm³/mol. The van der Waals surface area contributed by atoms with Crippen LogP contribution in [0.5, 0.6) is 0 Å². The van der Waals surface area contributed by atoms with Crippen molar-refractivity contribution in [2.24, 2.45) is 0 Å². The Bertz CT molecular complexity index is 587. The number of carbonyl (C=O) groups is 2. The Kier molecular flexibility index (Phi) is 7.15. The van der Waals surface area contributed by atoms with E-state index in [-0.39, 0.29) is 41.9 Å². The molecule has 0 aliphatic heterocycles. The molecule has 4 nitrogen and oxygen atoms in total. The Morgan fingerprint density at radius 2 is 1.48 bits per heavy atom. The minimum atomic E-state index is -1.04. The van der Waals surface area contributed by atoms with Crippen LogP contribution in [0.4, 0.5) is 0 Å². The van der Waals surface area contributed by atoms with Crippen molar-refractivity contribution in [3.05, 3.63) is 71.8 Å². The number of carbonyl (C=O) groups excluding carboxylic acids is 1. The SMILES string of the molecule is O=C(N[C@@H](Cc1ccccc1)C(=O)O)c1ccccc1.[NaH]. The molecule has 2 aromatic carbocycles. The Hall–Kier alpha value is -1.62. The van der Waals surface area contributed by atoms with E-state index < -0.39 is 12.0 Å². The van der Waals surface area contributed by atoms with Crippen LogP contribution in [0.2, 0.25) is 0 Å².